The normalized spacial score (nSPS) is 16.3. The van der Waals surface area contributed by atoms with Crippen LogP contribution in [0.15, 0.2) is 30.3 Å². The van der Waals surface area contributed by atoms with E-state index in [-0.39, 0.29) is 0 Å². The van der Waals surface area contributed by atoms with Crippen LogP contribution < -0.4 is 29.7 Å². The largest absolute Gasteiger partial charge is 0.495 e. The zero-order chi connectivity index (χ0) is 22.2. The van der Waals surface area contributed by atoms with Gasteiger partial charge in [-0.15, -0.1) is 0 Å². The van der Waals surface area contributed by atoms with E-state index in [1.54, 1.807) is 21.3 Å². The van der Waals surface area contributed by atoms with Crippen molar-refractivity contribution >= 4 is 28.1 Å². The molecule has 1 aliphatic heterocycles. The molecule has 8 heteroatoms. The van der Waals surface area contributed by atoms with Gasteiger partial charge in [-0.2, -0.15) is 0 Å². The fraction of sp³-hybridized carbons (Fsp3) is 0.417. The number of anilines is 3. The van der Waals surface area contributed by atoms with Crippen LogP contribution in [0.4, 0.5) is 17.2 Å². The Balaban J connectivity index is 1.48. The van der Waals surface area contributed by atoms with Crippen molar-refractivity contribution in [3.63, 3.8) is 0 Å². The Morgan fingerprint density at radius 3 is 2.12 bits per heavy atom. The highest BCUT2D eigenvalue weighted by molar-refractivity contribution is 5.92. The Bertz CT molecular complexity index is 1140. The molecule has 2 aromatic carbocycles. The van der Waals surface area contributed by atoms with Crippen LogP contribution in [0.3, 0.4) is 0 Å². The maximum Gasteiger partial charge on any atom is 0.162 e. The van der Waals surface area contributed by atoms with Gasteiger partial charge in [0.2, 0.25) is 0 Å². The molecule has 0 spiro atoms. The summed E-state index contributed by atoms with van der Waals surface area (Å²) in [6.45, 7) is 3.36. The maximum atomic E-state index is 6.04. The highest BCUT2D eigenvalue weighted by Gasteiger charge is 2.30. The van der Waals surface area contributed by atoms with Crippen LogP contribution in [0, 0.1) is 0 Å². The third-order valence-electron chi connectivity index (χ3n) is 6.26. The lowest BCUT2D eigenvalue weighted by molar-refractivity contribution is 0.355. The number of rotatable bonds is 6. The maximum absolute atomic E-state index is 6.04. The Hall–Kier alpha value is -3.42. The van der Waals surface area contributed by atoms with Crippen LogP contribution in [-0.4, -0.2) is 57.5 Å². The van der Waals surface area contributed by atoms with E-state index in [9.17, 15) is 0 Å². The number of methoxy groups -OCH3 is 3. The van der Waals surface area contributed by atoms with E-state index in [1.807, 2.05) is 30.3 Å². The molecule has 1 saturated carbocycles. The molecule has 2 fully saturated rings. The van der Waals surface area contributed by atoms with Gasteiger partial charge in [0.1, 0.15) is 17.4 Å². The number of nitrogens with zero attached hydrogens (tertiary/aromatic N) is 4. The molecule has 0 atom stereocenters. The summed E-state index contributed by atoms with van der Waals surface area (Å²) in [5.41, 5.74) is 8.71. The topological polar surface area (TPSA) is 86.0 Å². The molecule has 2 aliphatic rings. The average molecular weight is 436 g/mol. The number of fused-ring (bicyclic) bond motifs is 1. The summed E-state index contributed by atoms with van der Waals surface area (Å²) in [5, 5.41) is 0.988. The molecule has 2 N–H and O–H groups in total. The van der Waals surface area contributed by atoms with E-state index >= 15 is 0 Å². The first-order valence-electron chi connectivity index (χ1n) is 11.0. The minimum atomic E-state index is 0.462. The standard InChI is InChI=1S/C24H29N5O3/c1-30-20-7-6-16(25)12-19(20)28-8-10-29(11-9-28)24-17-13-21(31-2)22(32-3)14-18(17)26-23(27-24)15-4-5-15/h6-7,12-15H,4-5,8-11,25H2,1-3H3. The van der Waals surface area contributed by atoms with Gasteiger partial charge < -0.3 is 29.7 Å². The van der Waals surface area contributed by atoms with Crippen molar-refractivity contribution in [3.05, 3.63) is 36.2 Å². The number of nitrogen functional groups attached to an aromatic ring is 1. The quantitative estimate of drug-likeness (QED) is 0.590. The molecule has 3 aromatic rings. The molecular weight excluding hydrogens is 406 g/mol. The van der Waals surface area contributed by atoms with Crippen LogP contribution in [0.1, 0.15) is 24.6 Å². The number of piperazine rings is 1. The predicted molar refractivity (Wildman–Crippen MR) is 126 cm³/mol. The van der Waals surface area contributed by atoms with Crippen molar-refractivity contribution in [3.8, 4) is 17.2 Å². The SMILES string of the molecule is COc1cc2nc(C3CC3)nc(N3CCN(c4cc(N)ccc4OC)CC3)c2cc1OC. The van der Waals surface area contributed by atoms with Crippen molar-refractivity contribution < 1.29 is 14.2 Å². The van der Waals surface area contributed by atoms with E-state index in [2.05, 4.69) is 9.80 Å². The average Bonchev–Trinajstić information content (AvgIpc) is 3.68. The molecule has 1 aliphatic carbocycles. The van der Waals surface area contributed by atoms with Gasteiger partial charge in [-0.05, 0) is 37.1 Å². The predicted octanol–water partition coefficient (Wildman–Crippen LogP) is 3.44. The molecule has 0 bridgehead atoms. The lowest BCUT2D eigenvalue weighted by Crippen LogP contribution is -2.47. The molecule has 0 radical (unpaired) electrons. The van der Waals surface area contributed by atoms with Gasteiger partial charge in [-0.3, -0.25) is 0 Å². The fourth-order valence-corrected chi connectivity index (χ4v) is 4.34. The summed E-state index contributed by atoms with van der Waals surface area (Å²) in [6.07, 6.45) is 2.31. The number of hydrogen-bond acceptors (Lipinski definition) is 8. The Morgan fingerprint density at radius 2 is 1.47 bits per heavy atom. The lowest BCUT2D eigenvalue weighted by Gasteiger charge is -2.37. The van der Waals surface area contributed by atoms with E-state index < -0.39 is 0 Å². The molecule has 0 amide bonds. The Morgan fingerprint density at radius 1 is 0.812 bits per heavy atom. The molecule has 1 saturated heterocycles. The molecule has 32 heavy (non-hydrogen) atoms. The number of aromatic nitrogens is 2. The van der Waals surface area contributed by atoms with Gasteiger partial charge in [-0.1, -0.05) is 0 Å². The zero-order valence-electron chi connectivity index (χ0n) is 18.8. The molecule has 2 heterocycles. The van der Waals surface area contributed by atoms with Crippen LogP contribution in [-0.2, 0) is 0 Å². The minimum Gasteiger partial charge on any atom is -0.495 e. The molecule has 8 nitrogen and oxygen atoms in total. The van der Waals surface area contributed by atoms with Gasteiger partial charge in [0.05, 0.1) is 32.5 Å². The van der Waals surface area contributed by atoms with Crippen LogP contribution in [0.5, 0.6) is 17.2 Å². The summed E-state index contributed by atoms with van der Waals surface area (Å²) in [7, 11) is 5.00. The van der Waals surface area contributed by atoms with E-state index in [0.29, 0.717) is 17.4 Å². The van der Waals surface area contributed by atoms with E-state index in [4.69, 9.17) is 29.9 Å². The number of hydrogen-bond donors (Lipinski definition) is 1. The second kappa shape index (κ2) is 8.26. The molecule has 1 aromatic heterocycles. The Labute approximate surface area is 187 Å². The lowest BCUT2D eigenvalue weighted by atomic mass is 10.1. The van der Waals surface area contributed by atoms with Gasteiger partial charge in [0, 0.05) is 49.2 Å². The fourth-order valence-electron chi connectivity index (χ4n) is 4.34. The smallest absolute Gasteiger partial charge is 0.162 e. The van der Waals surface area contributed by atoms with Crippen molar-refractivity contribution in [2.24, 2.45) is 0 Å². The van der Waals surface area contributed by atoms with Gasteiger partial charge in [0.25, 0.3) is 0 Å². The summed E-state index contributed by atoms with van der Waals surface area (Å²) < 4.78 is 16.6. The third-order valence-corrected chi connectivity index (χ3v) is 6.26. The van der Waals surface area contributed by atoms with Gasteiger partial charge in [0.15, 0.2) is 11.5 Å². The highest BCUT2D eigenvalue weighted by Crippen LogP contribution is 2.42. The van der Waals surface area contributed by atoms with E-state index in [0.717, 1.165) is 78.7 Å². The summed E-state index contributed by atoms with van der Waals surface area (Å²) in [6, 6.07) is 9.73. The summed E-state index contributed by atoms with van der Waals surface area (Å²) >= 11 is 0. The number of nitrogens with two attached hydrogens (primary N) is 1. The third kappa shape index (κ3) is 3.70. The molecular formula is C24H29N5O3. The van der Waals surface area contributed by atoms with Crippen molar-refractivity contribution in [2.45, 2.75) is 18.8 Å². The summed E-state index contributed by atoms with van der Waals surface area (Å²) in [4.78, 5) is 14.5. The molecule has 0 unspecified atom stereocenters. The van der Waals surface area contributed by atoms with Gasteiger partial charge >= 0.3 is 0 Å². The first kappa shape index (κ1) is 20.5. The number of benzene rings is 2. The second-order valence-corrected chi connectivity index (χ2v) is 8.31. The Kier molecular flexibility index (Phi) is 5.28. The zero-order valence-corrected chi connectivity index (χ0v) is 18.8. The van der Waals surface area contributed by atoms with Crippen molar-refractivity contribution in [1.29, 1.82) is 0 Å². The van der Waals surface area contributed by atoms with Crippen LogP contribution >= 0.6 is 0 Å². The molecule has 168 valence electrons. The summed E-state index contributed by atoms with van der Waals surface area (Å²) in [5.74, 6) is 4.57. The molecule has 5 rings (SSSR count). The van der Waals surface area contributed by atoms with Crippen LogP contribution in [0.25, 0.3) is 10.9 Å². The van der Waals surface area contributed by atoms with Crippen molar-refractivity contribution in [1.82, 2.24) is 9.97 Å². The first-order chi connectivity index (χ1) is 15.6. The van der Waals surface area contributed by atoms with E-state index in [1.165, 1.54) is 0 Å². The first-order valence-corrected chi connectivity index (χ1v) is 11.0. The monoisotopic (exact) mass is 435 g/mol. The second-order valence-electron chi connectivity index (χ2n) is 8.31. The van der Waals surface area contributed by atoms with Crippen LogP contribution in [0.2, 0.25) is 0 Å². The number of ether oxygens (including phenoxy) is 3. The highest BCUT2D eigenvalue weighted by atomic mass is 16.5. The minimum absolute atomic E-state index is 0.462. The van der Waals surface area contributed by atoms with Gasteiger partial charge in [-0.25, -0.2) is 9.97 Å². The van der Waals surface area contributed by atoms with Crippen molar-refractivity contribution in [2.75, 3.05) is 63.0 Å².